The average Bonchev–Trinajstić information content (AvgIpc) is 3.23. The summed E-state index contributed by atoms with van der Waals surface area (Å²) in [5, 5.41) is 12.3. The van der Waals surface area contributed by atoms with Gasteiger partial charge in [0.1, 0.15) is 6.61 Å². The lowest BCUT2D eigenvalue weighted by Gasteiger charge is -2.40. The number of urea groups is 1. The van der Waals surface area contributed by atoms with Gasteiger partial charge >= 0.3 is 12.0 Å². The van der Waals surface area contributed by atoms with Crippen molar-refractivity contribution in [2.24, 2.45) is 23.2 Å². The zero-order valence-corrected chi connectivity index (χ0v) is 15.8. The Labute approximate surface area is 154 Å². The Morgan fingerprint density at radius 3 is 2.62 bits per heavy atom. The second kappa shape index (κ2) is 7.32. The highest BCUT2D eigenvalue weighted by Gasteiger charge is 2.55. The summed E-state index contributed by atoms with van der Waals surface area (Å²) in [7, 11) is 0. The fraction of sp³-hybridized carbons (Fsp3) is 0.889. The summed E-state index contributed by atoms with van der Waals surface area (Å²) in [6.07, 6.45) is 0.612. The maximum atomic E-state index is 12.6. The quantitative estimate of drug-likeness (QED) is 0.771. The van der Waals surface area contributed by atoms with Gasteiger partial charge in [-0.2, -0.15) is 0 Å². The molecule has 3 rings (SSSR count). The Kier molecular flexibility index (Phi) is 5.46. The number of likely N-dealkylation sites (tertiary alicyclic amines) is 1. The normalized spacial score (nSPS) is 31.3. The van der Waals surface area contributed by atoms with Crippen molar-refractivity contribution in [3.8, 4) is 0 Å². The molecule has 8 nitrogen and oxygen atoms in total. The maximum absolute atomic E-state index is 12.6. The summed E-state index contributed by atoms with van der Waals surface area (Å²) in [5.74, 6) is -1.85. The average molecular weight is 370 g/mol. The van der Waals surface area contributed by atoms with E-state index in [1.807, 2.05) is 6.92 Å². The van der Waals surface area contributed by atoms with E-state index in [-0.39, 0.29) is 29.8 Å². The first-order chi connectivity index (χ1) is 12.2. The fourth-order valence-electron chi connectivity index (χ4n) is 4.36. The lowest BCUT2D eigenvalue weighted by molar-refractivity contribution is -0.197. The van der Waals surface area contributed by atoms with Crippen LogP contribution in [0.4, 0.5) is 4.79 Å². The molecular formula is C18H30N2O6. The molecule has 148 valence electrons. The first kappa shape index (κ1) is 19.4. The Hall–Kier alpha value is -1.38. The molecule has 2 N–H and O–H groups in total. The van der Waals surface area contributed by atoms with Crippen LogP contribution in [0.3, 0.4) is 0 Å². The zero-order valence-electron chi connectivity index (χ0n) is 15.8. The molecule has 3 heterocycles. The van der Waals surface area contributed by atoms with Crippen molar-refractivity contribution in [3.63, 3.8) is 0 Å². The number of nitrogens with one attached hydrogen (secondary N) is 1. The van der Waals surface area contributed by atoms with E-state index >= 15 is 0 Å². The van der Waals surface area contributed by atoms with E-state index < -0.39 is 17.7 Å². The number of carbonyl (C=O) groups is 2. The van der Waals surface area contributed by atoms with Crippen LogP contribution in [-0.4, -0.2) is 73.9 Å². The Morgan fingerprint density at radius 1 is 1.27 bits per heavy atom. The van der Waals surface area contributed by atoms with Gasteiger partial charge in [-0.15, -0.1) is 0 Å². The molecule has 0 aromatic carbocycles. The standard InChI is InChI=1S/C18H30N2O6/c1-12-6-13(15(21)22)8-20(7-12)16(23)19-10-17(2,3)14-9-24-11-18(14)25-4-5-26-18/h12-14H,4-11H2,1-3H3,(H,19,23)(H,21,22). The Bertz CT molecular complexity index is 540. The molecule has 0 saturated carbocycles. The third-order valence-electron chi connectivity index (χ3n) is 5.83. The predicted molar refractivity (Wildman–Crippen MR) is 92.6 cm³/mol. The number of rotatable bonds is 4. The van der Waals surface area contributed by atoms with E-state index in [2.05, 4.69) is 19.2 Å². The molecular weight excluding hydrogens is 340 g/mol. The largest absolute Gasteiger partial charge is 0.481 e. The maximum Gasteiger partial charge on any atom is 0.317 e. The summed E-state index contributed by atoms with van der Waals surface area (Å²) in [4.78, 5) is 25.5. The molecule has 2 amide bonds. The summed E-state index contributed by atoms with van der Waals surface area (Å²) in [5.41, 5.74) is -0.288. The van der Waals surface area contributed by atoms with E-state index in [4.69, 9.17) is 14.2 Å². The van der Waals surface area contributed by atoms with E-state index in [9.17, 15) is 14.7 Å². The minimum Gasteiger partial charge on any atom is -0.481 e. The van der Waals surface area contributed by atoms with Crippen LogP contribution >= 0.6 is 0 Å². The van der Waals surface area contributed by atoms with Crippen molar-refractivity contribution in [1.82, 2.24) is 10.2 Å². The number of carbonyl (C=O) groups excluding carboxylic acids is 1. The van der Waals surface area contributed by atoms with Crippen molar-refractivity contribution in [2.75, 3.05) is 46.1 Å². The minimum atomic E-state index is -0.838. The van der Waals surface area contributed by atoms with Crippen LogP contribution in [0, 0.1) is 23.2 Å². The lowest BCUT2D eigenvalue weighted by Crippen LogP contribution is -2.54. The van der Waals surface area contributed by atoms with Gasteiger partial charge in [-0.3, -0.25) is 4.79 Å². The molecule has 0 radical (unpaired) electrons. The predicted octanol–water partition coefficient (Wildman–Crippen LogP) is 1.15. The number of hydrogen-bond donors (Lipinski definition) is 2. The van der Waals surface area contributed by atoms with Gasteiger partial charge in [0.15, 0.2) is 5.79 Å². The molecule has 0 bridgehead atoms. The van der Waals surface area contributed by atoms with E-state index in [0.717, 1.165) is 0 Å². The SMILES string of the molecule is CC1CC(C(=O)O)CN(C(=O)NCC(C)(C)C2COCC23OCCO3)C1. The first-order valence-electron chi connectivity index (χ1n) is 9.35. The van der Waals surface area contributed by atoms with Gasteiger partial charge in [0.25, 0.3) is 0 Å². The van der Waals surface area contributed by atoms with Gasteiger partial charge < -0.3 is 29.5 Å². The van der Waals surface area contributed by atoms with Crippen LogP contribution in [0.25, 0.3) is 0 Å². The number of piperidine rings is 1. The molecule has 3 atom stereocenters. The highest BCUT2D eigenvalue weighted by atomic mass is 16.8. The van der Waals surface area contributed by atoms with Gasteiger partial charge in [-0.05, 0) is 17.8 Å². The zero-order chi connectivity index (χ0) is 18.9. The van der Waals surface area contributed by atoms with E-state index in [0.29, 0.717) is 45.9 Å². The number of carboxylic acid groups (broad SMARTS) is 1. The lowest BCUT2D eigenvalue weighted by atomic mass is 9.75. The molecule has 8 heteroatoms. The number of hydrogen-bond acceptors (Lipinski definition) is 5. The summed E-state index contributed by atoms with van der Waals surface area (Å²) in [6, 6.07) is -0.211. The van der Waals surface area contributed by atoms with Crippen LogP contribution in [0.2, 0.25) is 0 Å². The number of carboxylic acids is 1. The molecule has 0 aromatic heterocycles. The number of ether oxygens (including phenoxy) is 3. The van der Waals surface area contributed by atoms with Crippen molar-refractivity contribution in [3.05, 3.63) is 0 Å². The number of amides is 2. The summed E-state index contributed by atoms with van der Waals surface area (Å²) >= 11 is 0. The molecule has 3 aliphatic heterocycles. The van der Waals surface area contributed by atoms with Crippen LogP contribution < -0.4 is 5.32 Å². The fourth-order valence-corrected chi connectivity index (χ4v) is 4.36. The number of nitrogens with zero attached hydrogens (tertiary/aromatic N) is 1. The molecule has 26 heavy (non-hydrogen) atoms. The van der Waals surface area contributed by atoms with Crippen LogP contribution in [-0.2, 0) is 19.0 Å². The topological polar surface area (TPSA) is 97.3 Å². The smallest absolute Gasteiger partial charge is 0.317 e. The van der Waals surface area contributed by atoms with Gasteiger partial charge in [0.2, 0.25) is 0 Å². The van der Waals surface area contributed by atoms with Gasteiger partial charge in [0.05, 0.1) is 25.7 Å². The monoisotopic (exact) mass is 370 g/mol. The highest BCUT2D eigenvalue weighted by Crippen LogP contribution is 2.44. The molecule has 0 aromatic rings. The highest BCUT2D eigenvalue weighted by molar-refractivity contribution is 5.76. The summed E-state index contributed by atoms with van der Waals surface area (Å²) in [6.45, 7) is 9.47. The van der Waals surface area contributed by atoms with Gasteiger partial charge in [0, 0.05) is 25.6 Å². The van der Waals surface area contributed by atoms with Crippen molar-refractivity contribution in [1.29, 1.82) is 0 Å². The van der Waals surface area contributed by atoms with Crippen molar-refractivity contribution >= 4 is 12.0 Å². The molecule has 3 unspecified atom stereocenters. The molecule has 3 fully saturated rings. The van der Waals surface area contributed by atoms with Crippen LogP contribution in [0.15, 0.2) is 0 Å². The van der Waals surface area contributed by atoms with Gasteiger partial charge in [-0.25, -0.2) is 4.79 Å². The molecule has 3 aliphatic rings. The van der Waals surface area contributed by atoms with E-state index in [1.54, 1.807) is 4.90 Å². The van der Waals surface area contributed by atoms with Crippen molar-refractivity contribution in [2.45, 2.75) is 33.0 Å². The van der Waals surface area contributed by atoms with Crippen LogP contribution in [0.1, 0.15) is 27.2 Å². The summed E-state index contributed by atoms with van der Waals surface area (Å²) < 4.78 is 17.3. The molecule has 3 saturated heterocycles. The Balaban J connectivity index is 1.58. The third-order valence-corrected chi connectivity index (χ3v) is 5.83. The second-order valence-electron chi connectivity index (χ2n) is 8.50. The van der Waals surface area contributed by atoms with Crippen molar-refractivity contribution < 1.29 is 28.9 Å². The Morgan fingerprint density at radius 2 is 1.96 bits per heavy atom. The number of aliphatic carboxylic acids is 1. The second-order valence-corrected chi connectivity index (χ2v) is 8.50. The molecule has 1 spiro atoms. The van der Waals surface area contributed by atoms with Gasteiger partial charge in [-0.1, -0.05) is 20.8 Å². The molecule has 0 aliphatic carbocycles. The van der Waals surface area contributed by atoms with E-state index in [1.165, 1.54) is 0 Å². The first-order valence-corrected chi connectivity index (χ1v) is 9.35. The minimum absolute atomic E-state index is 0.0184. The van der Waals surface area contributed by atoms with Crippen LogP contribution in [0.5, 0.6) is 0 Å². The third kappa shape index (κ3) is 3.82.